The summed E-state index contributed by atoms with van der Waals surface area (Å²) in [6, 6.07) is 11.4. The molecule has 4 heteroatoms. The number of hydrogen-bond donors (Lipinski definition) is 2. The first-order chi connectivity index (χ1) is 13.2. The lowest BCUT2D eigenvalue weighted by atomic mass is 9.62. The average Bonchev–Trinajstić information content (AvgIpc) is 2.67. The lowest BCUT2D eigenvalue weighted by Gasteiger charge is -2.44. The Morgan fingerprint density at radius 1 is 1.11 bits per heavy atom. The van der Waals surface area contributed by atoms with Gasteiger partial charge in [0, 0.05) is 23.9 Å². The fraction of sp³-hybridized carbons (Fsp3) is 0.478. The summed E-state index contributed by atoms with van der Waals surface area (Å²) in [5.74, 6) is 2.64. The van der Waals surface area contributed by atoms with Crippen molar-refractivity contribution in [2.45, 2.75) is 45.1 Å². The number of nitrogens with two attached hydrogens (primary N) is 1. The number of aromatic nitrogens is 1. The van der Waals surface area contributed by atoms with E-state index < -0.39 is 5.91 Å². The number of pyridine rings is 1. The third kappa shape index (κ3) is 4.38. The molecule has 0 radical (unpaired) electrons. The molecule has 2 fully saturated rings. The van der Waals surface area contributed by atoms with Crippen molar-refractivity contribution in [2.75, 3.05) is 6.54 Å². The topological polar surface area (TPSA) is 68.0 Å². The van der Waals surface area contributed by atoms with E-state index in [0.717, 1.165) is 42.1 Å². The van der Waals surface area contributed by atoms with E-state index in [-0.39, 0.29) is 0 Å². The molecule has 4 rings (SSSR count). The number of hydrogen-bond acceptors (Lipinski definition) is 3. The van der Waals surface area contributed by atoms with E-state index in [1.165, 1.54) is 44.1 Å². The fourth-order valence-electron chi connectivity index (χ4n) is 4.66. The van der Waals surface area contributed by atoms with E-state index in [4.69, 9.17) is 5.73 Å². The van der Waals surface area contributed by atoms with Gasteiger partial charge in [-0.1, -0.05) is 24.6 Å². The number of fused-ring (bicyclic) bond motifs is 1. The highest BCUT2D eigenvalue weighted by Gasteiger charge is 2.36. The number of rotatable bonds is 7. The van der Waals surface area contributed by atoms with Gasteiger partial charge >= 0.3 is 0 Å². The third-order valence-corrected chi connectivity index (χ3v) is 6.48. The van der Waals surface area contributed by atoms with Gasteiger partial charge in [-0.25, -0.2) is 0 Å². The van der Waals surface area contributed by atoms with Gasteiger partial charge in [-0.2, -0.15) is 0 Å². The van der Waals surface area contributed by atoms with Crippen LogP contribution >= 0.6 is 0 Å². The number of nitrogens with zero attached hydrogens (tertiary/aromatic N) is 1. The van der Waals surface area contributed by atoms with Crippen LogP contribution in [0.4, 0.5) is 0 Å². The van der Waals surface area contributed by atoms with E-state index >= 15 is 0 Å². The summed E-state index contributed by atoms with van der Waals surface area (Å²) in [4.78, 5) is 15.9. The van der Waals surface area contributed by atoms with Gasteiger partial charge in [-0.15, -0.1) is 0 Å². The number of primary amides is 1. The second-order valence-electron chi connectivity index (χ2n) is 8.24. The average molecular weight is 364 g/mol. The summed E-state index contributed by atoms with van der Waals surface area (Å²) in [6.45, 7) is 1.94. The van der Waals surface area contributed by atoms with Crippen molar-refractivity contribution in [3.8, 4) is 11.3 Å². The smallest absolute Gasteiger partial charge is 0.248 e. The fourth-order valence-corrected chi connectivity index (χ4v) is 4.66. The molecule has 2 aliphatic carbocycles. The first kappa shape index (κ1) is 18.2. The quantitative estimate of drug-likeness (QED) is 0.726. The minimum atomic E-state index is -0.413. The number of carbonyl (C=O) groups excluding carboxylic acids is 1. The van der Waals surface area contributed by atoms with Crippen LogP contribution in [0.3, 0.4) is 0 Å². The van der Waals surface area contributed by atoms with Crippen molar-refractivity contribution >= 4 is 5.91 Å². The van der Waals surface area contributed by atoms with Crippen molar-refractivity contribution in [3.63, 3.8) is 0 Å². The highest BCUT2D eigenvalue weighted by atomic mass is 16.1. The second-order valence-corrected chi connectivity index (χ2v) is 8.24. The molecule has 2 aromatic rings. The second kappa shape index (κ2) is 8.22. The Bertz CT molecular complexity index is 786. The van der Waals surface area contributed by atoms with Crippen molar-refractivity contribution in [1.29, 1.82) is 0 Å². The molecule has 3 N–H and O–H groups in total. The van der Waals surface area contributed by atoms with Crippen LogP contribution in [0.1, 0.15) is 54.4 Å². The van der Waals surface area contributed by atoms with Crippen LogP contribution in [0.15, 0.2) is 42.6 Å². The molecular formula is C23H29N3O. The van der Waals surface area contributed by atoms with Gasteiger partial charge in [-0.05, 0) is 80.2 Å². The molecule has 3 atom stereocenters. The molecule has 1 heterocycles. The molecule has 0 spiro atoms. The standard InChI is InChI=1S/C23H29N3O/c24-23(27)21-3-1-2-20(13-21)22-9-5-17(15-26-22)14-25-11-10-16-4-6-18-7-8-19(18)12-16/h1-3,5,9,13,15-16,18-19,25H,4,6-8,10-12,14H2,(H2,24,27). The van der Waals surface area contributed by atoms with E-state index in [1.807, 2.05) is 24.4 Å². The maximum atomic E-state index is 11.3. The van der Waals surface area contributed by atoms with Crippen LogP contribution in [-0.4, -0.2) is 17.4 Å². The van der Waals surface area contributed by atoms with E-state index in [2.05, 4.69) is 16.4 Å². The number of amides is 1. The Morgan fingerprint density at radius 3 is 2.67 bits per heavy atom. The molecule has 3 unspecified atom stereocenters. The maximum Gasteiger partial charge on any atom is 0.248 e. The lowest BCUT2D eigenvalue weighted by Crippen LogP contribution is -2.33. The van der Waals surface area contributed by atoms with E-state index in [9.17, 15) is 4.79 Å². The van der Waals surface area contributed by atoms with Crippen molar-refractivity contribution in [3.05, 3.63) is 53.7 Å². The summed E-state index contributed by atoms with van der Waals surface area (Å²) in [6.07, 6.45) is 10.6. The normalized spacial score (nSPS) is 24.1. The highest BCUT2D eigenvalue weighted by Crippen LogP contribution is 2.47. The third-order valence-electron chi connectivity index (χ3n) is 6.48. The zero-order chi connectivity index (χ0) is 18.6. The Balaban J connectivity index is 1.24. The predicted molar refractivity (Wildman–Crippen MR) is 108 cm³/mol. The lowest BCUT2D eigenvalue weighted by molar-refractivity contribution is 0.0766. The minimum absolute atomic E-state index is 0.413. The zero-order valence-corrected chi connectivity index (χ0v) is 15.9. The van der Waals surface area contributed by atoms with Gasteiger partial charge in [0.05, 0.1) is 5.69 Å². The molecule has 0 saturated heterocycles. The van der Waals surface area contributed by atoms with Crippen molar-refractivity contribution in [2.24, 2.45) is 23.5 Å². The van der Waals surface area contributed by atoms with Crippen LogP contribution in [-0.2, 0) is 6.54 Å². The monoisotopic (exact) mass is 363 g/mol. The van der Waals surface area contributed by atoms with Gasteiger partial charge in [0.2, 0.25) is 5.91 Å². The first-order valence-electron chi connectivity index (χ1n) is 10.2. The number of nitrogens with one attached hydrogen (secondary N) is 1. The molecule has 1 aromatic heterocycles. The molecule has 1 amide bonds. The van der Waals surface area contributed by atoms with Crippen LogP contribution in [0.5, 0.6) is 0 Å². The molecule has 2 saturated carbocycles. The van der Waals surface area contributed by atoms with Gasteiger partial charge in [0.25, 0.3) is 0 Å². The van der Waals surface area contributed by atoms with Crippen LogP contribution in [0.2, 0.25) is 0 Å². The summed E-state index contributed by atoms with van der Waals surface area (Å²) < 4.78 is 0. The van der Waals surface area contributed by atoms with Gasteiger partial charge in [0.1, 0.15) is 0 Å². The summed E-state index contributed by atoms with van der Waals surface area (Å²) >= 11 is 0. The minimum Gasteiger partial charge on any atom is -0.366 e. The number of carbonyl (C=O) groups is 1. The zero-order valence-electron chi connectivity index (χ0n) is 15.9. The van der Waals surface area contributed by atoms with Crippen LogP contribution in [0, 0.1) is 17.8 Å². The SMILES string of the molecule is NC(=O)c1cccc(-c2ccc(CNCCC3CCC4CCC4C3)cn2)c1. The van der Waals surface area contributed by atoms with Crippen LogP contribution < -0.4 is 11.1 Å². The first-order valence-corrected chi connectivity index (χ1v) is 10.2. The molecule has 1 aromatic carbocycles. The van der Waals surface area contributed by atoms with Crippen molar-refractivity contribution in [1.82, 2.24) is 10.3 Å². The largest absolute Gasteiger partial charge is 0.366 e. The maximum absolute atomic E-state index is 11.3. The summed E-state index contributed by atoms with van der Waals surface area (Å²) in [5.41, 5.74) is 8.83. The Kier molecular flexibility index (Phi) is 5.53. The molecule has 27 heavy (non-hydrogen) atoms. The van der Waals surface area contributed by atoms with Crippen LogP contribution in [0.25, 0.3) is 11.3 Å². The Morgan fingerprint density at radius 2 is 1.96 bits per heavy atom. The van der Waals surface area contributed by atoms with E-state index in [0.29, 0.717) is 5.56 Å². The molecule has 0 bridgehead atoms. The van der Waals surface area contributed by atoms with Gasteiger partial charge in [0.15, 0.2) is 0 Å². The van der Waals surface area contributed by atoms with Gasteiger partial charge in [-0.3, -0.25) is 9.78 Å². The highest BCUT2D eigenvalue weighted by molar-refractivity contribution is 5.93. The summed E-state index contributed by atoms with van der Waals surface area (Å²) in [7, 11) is 0. The number of benzene rings is 1. The molecule has 2 aliphatic rings. The van der Waals surface area contributed by atoms with Gasteiger partial charge < -0.3 is 11.1 Å². The Hall–Kier alpha value is -2.20. The Labute approximate surface area is 161 Å². The predicted octanol–water partition coefficient (Wildman–Crippen LogP) is 4.15. The van der Waals surface area contributed by atoms with E-state index in [1.54, 1.807) is 12.1 Å². The molecule has 4 nitrogen and oxygen atoms in total. The molecule has 0 aliphatic heterocycles. The molecule has 142 valence electrons. The molecular weight excluding hydrogens is 334 g/mol. The summed E-state index contributed by atoms with van der Waals surface area (Å²) in [5, 5.41) is 3.58. The van der Waals surface area contributed by atoms with Crippen molar-refractivity contribution < 1.29 is 4.79 Å².